The van der Waals surface area contributed by atoms with Crippen LogP contribution in [0.25, 0.3) is 0 Å². The average molecular weight is 408 g/mol. The Hall–Kier alpha value is -2.84. The maximum Gasteiger partial charge on any atom is 0.408 e. The van der Waals surface area contributed by atoms with Gasteiger partial charge >= 0.3 is 6.09 Å². The summed E-state index contributed by atoms with van der Waals surface area (Å²) < 4.78 is 5.47. The molecule has 0 aromatic heterocycles. The van der Waals surface area contributed by atoms with Gasteiger partial charge in [0, 0.05) is 19.5 Å². The van der Waals surface area contributed by atoms with Crippen molar-refractivity contribution in [3.8, 4) is 6.07 Å². The third-order valence-electron chi connectivity index (χ3n) is 4.64. The Morgan fingerprint density at radius 3 is 2.30 bits per heavy atom. The van der Waals surface area contributed by atoms with Crippen molar-refractivity contribution in [2.45, 2.75) is 58.2 Å². The van der Waals surface area contributed by atoms with Crippen LogP contribution in [0.15, 0.2) is 60.7 Å². The van der Waals surface area contributed by atoms with Crippen molar-refractivity contribution in [2.75, 3.05) is 13.1 Å². The monoisotopic (exact) mass is 407 g/mol. The minimum atomic E-state index is -0.540. The molecule has 0 heterocycles. The largest absolute Gasteiger partial charge is 0.444 e. The standard InChI is InChI=1S/C25H33N3O2/c1-25(2,3)30-24(29)27-23(22-14-8-5-9-15-22)16-19-28(18-11-10-17-26)20-21-12-6-4-7-13-21/h4-9,12-15,23H,10-11,16,18-20H2,1-3H3,(H,27,29). The molecule has 2 aromatic rings. The zero-order chi connectivity index (χ0) is 21.8. The molecule has 0 radical (unpaired) electrons. The summed E-state index contributed by atoms with van der Waals surface area (Å²) in [4.78, 5) is 14.8. The molecule has 0 aliphatic heterocycles. The summed E-state index contributed by atoms with van der Waals surface area (Å²) in [6.45, 7) is 8.05. The molecule has 1 atom stereocenters. The van der Waals surface area contributed by atoms with Crippen molar-refractivity contribution >= 4 is 6.09 Å². The summed E-state index contributed by atoms with van der Waals surface area (Å²) in [6.07, 6.45) is 1.72. The molecular weight excluding hydrogens is 374 g/mol. The third kappa shape index (κ3) is 9.11. The van der Waals surface area contributed by atoms with Gasteiger partial charge in [0.1, 0.15) is 5.60 Å². The van der Waals surface area contributed by atoms with Gasteiger partial charge in [0.2, 0.25) is 0 Å². The Bertz CT molecular complexity index is 795. The zero-order valence-corrected chi connectivity index (χ0v) is 18.3. The van der Waals surface area contributed by atoms with E-state index in [2.05, 4.69) is 28.4 Å². The van der Waals surface area contributed by atoms with Gasteiger partial charge < -0.3 is 10.1 Å². The highest BCUT2D eigenvalue weighted by Crippen LogP contribution is 2.19. The Labute approximate surface area is 180 Å². The van der Waals surface area contributed by atoms with Crippen LogP contribution in [0, 0.1) is 11.3 Å². The molecule has 1 N–H and O–H groups in total. The lowest BCUT2D eigenvalue weighted by molar-refractivity contribution is 0.0497. The Balaban J connectivity index is 2.06. The number of rotatable bonds is 10. The van der Waals surface area contributed by atoms with Crippen molar-refractivity contribution in [2.24, 2.45) is 0 Å². The van der Waals surface area contributed by atoms with E-state index in [1.54, 1.807) is 0 Å². The molecular formula is C25H33N3O2. The molecule has 0 bridgehead atoms. The van der Waals surface area contributed by atoms with E-state index in [0.717, 1.165) is 38.0 Å². The van der Waals surface area contributed by atoms with E-state index in [9.17, 15) is 4.79 Å². The van der Waals surface area contributed by atoms with Crippen LogP contribution in [0.3, 0.4) is 0 Å². The van der Waals surface area contributed by atoms with Gasteiger partial charge in [-0.25, -0.2) is 4.79 Å². The van der Waals surface area contributed by atoms with Crippen LogP contribution in [0.2, 0.25) is 0 Å². The normalized spacial score (nSPS) is 12.2. The second-order valence-corrected chi connectivity index (χ2v) is 8.42. The molecule has 5 heteroatoms. The number of ether oxygens (including phenoxy) is 1. The number of hydrogen-bond donors (Lipinski definition) is 1. The number of alkyl carbamates (subject to hydrolysis) is 1. The first-order valence-electron chi connectivity index (χ1n) is 10.5. The fourth-order valence-electron chi connectivity index (χ4n) is 3.26. The lowest BCUT2D eigenvalue weighted by Crippen LogP contribution is -2.36. The number of unbranched alkanes of at least 4 members (excludes halogenated alkanes) is 1. The first-order valence-corrected chi connectivity index (χ1v) is 10.5. The summed E-state index contributed by atoms with van der Waals surface area (Å²) in [5.74, 6) is 0. The summed E-state index contributed by atoms with van der Waals surface area (Å²) in [5.41, 5.74) is 1.76. The Morgan fingerprint density at radius 2 is 1.70 bits per heavy atom. The molecule has 2 rings (SSSR count). The molecule has 0 aliphatic carbocycles. The molecule has 160 valence electrons. The predicted molar refractivity (Wildman–Crippen MR) is 120 cm³/mol. The van der Waals surface area contributed by atoms with Gasteiger partial charge in [0.05, 0.1) is 12.1 Å². The Kier molecular flexibility index (Phi) is 9.37. The van der Waals surface area contributed by atoms with Crippen LogP contribution in [0.5, 0.6) is 0 Å². The van der Waals surface area contributed by atoms with Crippen molar-refractivity contribution in [1.29, 1.82) is 5.26 Å². The quantitative estimate of drug-likeness (QED) is 0.532. The van der Waals surface area contributed by atoms with Gasteiger partial charge in [-0.1, -0.05) is 60.7 Å². The summed E-state index contributed by atoms with van der Waals surface area (Å²) >= 11 is 0. The van der Waals surface area contributed by atoms with E-state index in [4.69, 9.17) is 10.00 Å². The number of carbonyl (C=O) groups excluding carboxylic acids is 1. The van der Waals surface area contributed by atoms with E-state index in [1.165, 1.54) is 5.56 Å². The third-order valence-corrected chi connectivity index (χ3v) is 4.64. The molecule has 0 saturated heterocycles. The second kappa shape index (κ2) is 12.0. The van der Waals surface area contributed by atoms with Gasteiger partial charge in [-0.05, 0) is 51.3 Å². The second-order valence-electron chi connectivity index (χ2n) is 8.42. The highest BCUT2D eigenvalue weighted by molar-refractivity contribution is 5.68. The van der Waals surface area contributed by atoms with Gasteiger partial charge in [-0.3, -0.25) is 4.90 Å². The number of hydrogen-bond acceptors (Lipinski definition) is 4. The van der Waals surface area contributed by atoms with Crippen LogP contribution >= 0.6 is 0 Å². The predicted octanol–water partition coefficient (Wildman–Crippen LogP) is 5.45. The lowest BCUT2D eigenvalue weighted by atomic mass is 10.0. The zero-order valence-electron chi connectivity index (χ0n) is 18.3. The number of nitriles is 1. The molecule has 30 heavy (non-hydrogen) atoms. The topological polar surface area (TPSA) is 65.4 Å². The lowest BCUT2D eigenvalue weighted by Gasteiger charge is -2.27. The van der Waals surface area contributed by atoms with Crippen LogP contribution in [0.4, 0.5) is 4.79 Å². The first kappa shape index (κ1) is 23.4. The highest BCUT2D eigenvalue weighted by Gasteiger charge is 2.21. The van der Waals surface area contributed by atoms with Crippen molar-refractivity contribution in [3.05, 3.63) is 71.8 Å². The summed E-state index contributed by atoms with van der Waals surface area (Å²) in [5, 5.41) is 11.9. The van der Waals surface area contributed by atoms with Crippen molar-refractivity contribution < 1.29 is 9.53 Å². The van der Waals surface area contributed by atoms with E-state index in [0.29, 0.717) is 6.42 Å². The average Bonchev–Trinajstić information content (AvgIpc) is 2.71. The number of benzene rings is 2. The molecule has 0 saturated carbocycles. The summed E-state index contributed by atoms with van der Waals surface area (Å²) in [7, 11) is 0. The number of carbonyl (C=O) groups is 1. The van der Waals surface area contributed by atoms with E-state index < -0.39 is 11.7 Å². The van der Waals surface area contributed by atoms with Crippen LogP contribution in [-0.4, -0.2) is 29.7 Å². The molecule has 5 nitrogen and oxygen atoms in total. The smallest absolute Gasteiger partial charge is 0.408 e. The summed E-state index contributed by atoms with van der Waals surface area (Å²) in [6, 6.07) is 22.4. The van der Waals surface area contributed by atoms with Crippen molar-refractivity contribution in [3.63, 3.8) is 0 Å². The van der Waals surface area contributed by atoms with E-state index in [-0.39, 0.29) is 6.04 Å². The molecule has 0 aliphatic rings. The number of nitrogens with one attached hydrogen (secondary N) is 1. The number of nitrogens with zero attached hydrogens (tertiary/aromatic N) is 2. The van der Waals surface area contributed by atoms with Crippen LogP contribution in [-0.2, 0) is 11.3 Å². The minimum absolute atomic E-state index is 0.143. The van der Waals surface area contributed by atoms with Gasteiger partial charge in [0.25, 0.3) is 0 Å². The SMILES string of the molecule is CC(C)(C)OC(=O)NC(CCN(CCCC#N)Cc1ccccc1)c1ccccc1. The molecule has 1 amide bonds. The fraction of sp³-hybridized carbons (Fsp3) is 0.440. The van der Waals surface area contributed by atoms with Crippen LogP contribution in [0.1, 0.15) is 57.2 Å². The Morgan fingerprint density at radius 1 is 1.07 bits per heavy atom. The fourth-order valence-corrected chi connectivity index (χ4v) is 3.26. The molecule has 1 unspecified atom stereocenters. The van der Waals surface area contributed by atoms with Gasteiger partial charge in [-0.2, -0.15) is 5.26 Å². The van der Waals surface area contributed by atoms with E-state index in [1.807, 2.05) is 69.3 Å². The molecule has 0 spiro atoms. The van der Waals surface area contributed by atoms with Crippen molar-refractivity contribution in [1.82, 2.24) is 10.2 Å². The molecule has 0 fully saturated rings. The van der Waals surface area contributed by atoms with E-state index >= 15 is 0 Å². The first-order chi connectivity index (χ1) is 14.4. The van der Waals surface area contributed by atoms with Crippen LogP contribution < -0.4 is 5.32 Å². The van der Waals surface area contributed by atoms with Gasteiger partial charge in [0.15, 0.2) is 0 Å². The molecule has 2 aromatic carbocycles. The minimum Gasteiger partial charge on any atom is -0.444 e. The van der Waals surface area contributed by atoms with Gasteiger partial charge in [-0.15, -0.1) is 0 Å². The number of amides is 1. The maximum absolute atomic E-state index is 12.4. The highest BCUT2D eigenvalue weighted by atomic mass is 16.6. The maximum atomic E-state index is 12.4.